The van der Waals surface area contributed by atoms with E-state index in [1.807, 2.05) is 68.4 Å². The fraction of sp³-hybridized carbons (Fsp3) is 0.240. The monoisotopic (exact) mass is 490 g/mol. The summed E-state index contributed by atoms with van der Waals surface area (Å²) in [4.78, 5) is 22.2. The van der Waals surface area contributed by atoms with Crippen LogP contribution >= 0.6 is 11.8 Å². The second kappa shape index (κ2) is 11.0. The van der Waals surface area contributed by atoms with Crippen molar-refractivity contribution in [2.24, 2.45) is 0 Å². The molecule has 0 spiro atoms. The highest BCUT2D eigenvalue weighted by Gasteiger charge is 2.22. The molecule has 0 aliphatic carbocycles. The molecule has 0 aliphatic rings. The Labute approximate surface area is 207 Å². The van der Waals surface area contributed by atoms with E-state index < -0.39 is 0 Å². The van der Waals surface area contributed by atoms with Gasteiger partial charge in [0.05, 0.1) is 25.6 Å². The molecule has 0 aliphatic heterocycles. The minimum atomic E-state index is -0.326. The van der Waals surface area contributed by atoms with Gasteiger partial charge in [0.15, 0.2) is 10.9 Å². The number of methoxy groups -OCH3 is 2. The number of amides is 1. The lowest BCUT2D eigenvalue weighted by molar-refractivity contribution is 0.0945. The zero-order valence-corrected chi connectivity index (χ0v) is 20.8. The zero-order chi connectivity index (χ0) is 24.8. The van der Waals surface area contributed by atoms with Crippen molar-refractivity contribution >= 4 is 17.7 Å². The van der Waals surface area contributed by atoms with E-state index >= 15 is 0 Å². The predicted octanol–water partition coefficient (Wildman–Crippen LogP) is 3.91. The molecule has 2 aromatic carbocycles. The molecule has 180 valence electrons. The minimum absolute atomic E-state index is 0.243. The maximum absolute atomic E-state index is 13.2. The first kappa shape index (κ1) is 24.2. The van der Waals surface area contributed by atoms with Crippen LogP contribution in [-0.2, 0) is 12.3 Å². The van der Waals surface area contributed by atoms with Gasteiger partial charge >= 0.3 is 0 Å². The Morgan fingerprint density at radius 3 is 2.40 bits per heavy atom. The lowest BCUT2D eigenvalue weighted by Gasteiger charge is -2.11. The normalized spacial score (nSPS) is 10.7. The largest absolute Gasteiger partial charge is 0.497 e. The summed E-state index contributed by atoms with van der Waals surface area (Å²) >= 11 is 1.43. The van der Waals surface area contributed by atoms with Crippen LogP contribution in [0.1, 0.15) is 33.1 Å². The van der Waals surface area contributed by atoms with Crippen molar-refractivity contribution in [3.63, 3.8) is 0 Å². The van der Waals surface area contributed by atoms with Crippen molar-refractivity contribution in [2.75, 3.05) is 14.2 Å². The molecule has 0 unspecified atom stereocenters. The number of nitrogens with zero attached hydrogens (tertiary/aromatic N) is 5. The fourth-order valence-electron chi connectivity index (χ4n) is 3.54. The van der Waals surface area contributed by atoms with Gasteiger partial charge in [0.2, 0.25) is 0 Å². The molecule has 2 heterocycles. The Hall–Kier alpha value is -3.92. The van der Waals surface area contributed by atoms with Crippen molar-refractivity contribution in [3.8, 4) is 17.2 Å². The molecule has 1 amide bonds. The van der Waals surface area contributed by atoms with E-state index in [1.165, 1.54) is 11.8 Å². The van der Waals surface area contributed by atoms with Crippen LogP contribution in [0.5, 0.6) is 11.5 Å². The lowest BCUT2D eigenvalue weighted by atomic mass is 10.2. The molecule has 35 heavy (non-hydrogen) atoms. The summed E-state index contributed by atoms with van der Waals surface area (Å²) in [7, 11) is 3.21. The minimum Gasteiger partial charge on any atom is -0.497 e. The second-order valence-corrected chi connectivity index (χ2v) is 8.65. The van der Waals surface area contributed by atoms with Gasteiger partial charge < -0.3 is 14.8 Å². The molecule has 0 fully saturated rings. The van der Waals surface area contributed by atoms with Gasteiger partial charge in [0, 0.05) is 29.2 Å². The zero-order valence-electron chi connectivity index (χ0n) is 20.0. The van der Waals surface area contributed by atoms with E-state index in [0.717, 1.165) is 28.4 Å². The second-order valence-electron chi connectivity index (χ2n) is 7.71. The van der Waals surface area contributed by atoms with Crippen molar-refractivity contribution in [1.29, 1.82) is 0 Å². The summed E-state index contributed by atoms with van der Waals surface area (Å²) < 4.78 is 12.3. The average molecular weight is 491 g/mol. The van der Waals surface area contributed by atoms with Crippen LogP contribution in [-0.4, -0.2) is 45.1 Å². The number of para-hydroxylation sites is 1. The van der Waals surface area contributed by atoms with E-state index in [9.17, 15) is 4.79 Å². The van der Waals surface area contributed by atoms with Crippen molar-refractivity contribution in [1.82, 2.24) is 30.3 Å². The summed E-state index contributed by atoms with van der Waals surface area (Å²) in [5.74, 6) is 1.51. The van der Waals surface area contributed by atoms with Crippen molar-refractivity contribution < 1.29 is 14.3 Å². The van der Waals surface area contributed by atoms with E-state index in [2.05, 4.69) is 25.6 Å². The van der Waals surface area contributed by atoms with Gasteiger partial charge in [-0.25, -0.2) is 14.6 Å². The maximum Gasteiger partial charge on any atom is 0.274 e. The van der Waals surface area contributed by atoms with Gasteiger partial charge in [-0.2, -0.15) is 0 Å². The first-order valence-electron chi connectivity index (χ1n) is 10.9. The highest BCUT2D eigenvalue weighted by molar-refractivity contribution is 7.98. The third kappa shape index (κ3) is 5.78. The number of ether oxygens (including phenoxy) is 2. The highest BCUT2D eigenvalue weighted by atomic mass is 32.2. The lowest BCUT2D eigenvalue weighted by Crippen LogP contribution is -2.24. The fourth-order valence-corrected chi connectivity index (χ4v) is 4.48. The first-order valence-corrected chi connectivity index (χ1v) is 11.9. The number of rotatable bonds is 9. The number of benzene rings is 2. The predicted molar refractivity (Wildman–Crippen MR) is 133 cm³/mol. The van der Waals surface area contributed by atoms with Gasteiger partial charge in [0.1, 0.15) is 11.5 Å². The molecular weight excluding hydrogens is 464 g/mol. The van der Waals surface area contributed by atoms with Crippen LogP contribution in [0.4, 0.5) is 0 Å². The van der Waals surface area contributed by atoms with Crippen LogP contribution < -0.4 is 14.8 Å². The Kier molecular flexibility index (Phi) is 7.61. The third-order valence-corrected chi connectivity index (χ3v) is 6.09. The number of carbonyl (C=O) groups excluding carboxylic acids is 1. The molecule has 10 heteroatoms. The smallest absolute Gasteiger partial charge is 0.274 e. The maximum atomic E-state index is 13.2. The molecule has 2 aromatic heterocycles. The molecule has 4 rings (SSSR count). The molecule has 0 atom stereocenters. The Morgan fingerprint density at radius 2 is 1.71 bits per heavy atom. The van der Waals surface area contributed by atoms with E-state index in [-0.39, 0.29) is 11.6 Å². The van der Waals surface area contributed by atoms with Crippen LogP contribution in [0, 0.1) is 13.8 Å². The Bertz CT molecular complexity index is 1300. The van der Waals surface area contributed by atoms with Gasteiger partial charge in [-0.1, -0.05) is 35.2 Å². The third-order valence-electron chi connectivity index (χ3n) is 5.23. The van der Waals surface area contributed by atoms with Gasteiger partial charge in [0.25, 0.3) is 5.91 Å². The molecule has 1 N–H and O–H groups in total. The Morgan fingerprint density at radius 1 is 1.00 bits per heavy atom. The molecule has 4 aromatic rings. The molecule has 0 radical (unpaired) electrons. The first-order chi connectivity index (χ1) is 17.0. The van der Waals surface area contributed by atoms with E-state index in [4.69, 9.17) is 9.47 Å². The topological polar surface area (TPSA) is 104 Å². The van der Waals surface area contributed by atoms with Crippen LogP contribution in [0.3, 0.4) is 0 Å². The summed E-state index contributed by atoms with van der Waals surface area (Å²) in [6.45, 7) is 4.16. The Balaban J connectivity index is 1.62. The van der Waals surface area contributed by atoms with Crippen molar-refractivity contribution in [2.45, 2.75) is 31.3 Å². The highest BCUT2D eigenvalue weighted by Crippen LogP contribution is 2.25. The van der Waals surface area contributed by atoms with Gasteiger partial charge in [-0.05, 0) is 50.2 Å². The van der Waals surface area contributed by atoms with Crippen LogP contribution in [0.2, 0.25) is 0 Å². The number of hydrogen-bond donors (Lipinski definition) is 1. The van der Waals surface area contributed by atoms with Crippen molar-refractivity contribution in [3.05, 3.63) is 82.9 Å². The SMILES string of the molecule is COc1ccc(-n2nnc(C(=O)NCc3ccccc3OC)c2CSc2nc(C)cc(C)n2)cc1. The standard InChI is InChI=1S/C25H26N6O3S/c1-16-13-17(2)28-25(27-16)35-15-21-23(24(32)26-14-18-7-5-6-8-22(18)34-4)29-30-31(21)19-9-11-20(33-3)12-10-19/h5-13H,14-15H2,1-4H3,(H,26,32). The summed E-state index contributed by atoms with van der Waals surface area (Å²) in [5, 5.41) is 12.1. The van der Waals surface area contributed by atoms with Crippen LogP contribution in [0.25, 0.3) is 5.69 Å². The number of aryl methyl sites for hydroxylation is 2. The quantitative estimate of drug-likeness (QED) is 0.278. The molecule has 0 saturated heterocycles. The number of aromatic nitrogens is 5. The molecule has 9 nitrogen and oxygen atoms in total. The number of thioether (sulfide) groups is 1. The number of hydrogen-bond acceptors (Lipinski definition) is 8. The summed E-state index contributed by atoms with van der Waals surface area (Å²) in [6.07, 6.45) is 0. The van der Waals surface area contributed by atoms with Gasteiger partial charge in [-0.15, -0.1) is 5.10 Å². The number of nitrogens with one attached hydrogen (secondary N) is 1. The van der Waals surface area contributed by atoms with E-state index in [0.29, 0.717) is 28.9 Å². The average Bonchev–Trinajstić information content (AvgIpc) is 3.29. The summed E-state index contributed by atoms with van der Waals surface area (Å²) in [6, 6.07) is 16.9. The van der Waals surface area contributed by atoms with Gasteiger partial charge in [-0.3, -0.25) is 4.79 Å². The number of carbonyl (C=O) groups is 1. The van der Waals surface area contributed by atoms with Crippen LogP contribution in [0.15, 0.2) is 59.8 Å². The summed E-state index contributed by atoms with van der Waals surface area (Å²) in [5.41, 5.74) is 4.28. The molecular formula is C25H26N6O3S. The molecule has 0 saturated carbocycles. The van der Waals surface area contributed by atoms with E-state index in [1.54, 1.807) is 18.9 Å². The molecule has 0 bridgehead atoms.